The Bertz CT molecular complexity index is 1240. The number of rotatable bonds is 8. The quantitative estimate of drug-likeness (QED) is 0.259. The molecule has 0 amide bonds. The van der Waals surface area contributed by atoms with Crippen molar-refractivity contribution in [3.8, 4) is 11.5 Å². The Labute approximate surface area is 202 Å². The molecular formula is C27H25BrClNO2. The zero-order chi connectivity index (χ0) is 22.5. The zero-order valence-electron chi connectivity index (χ0n) is 18.1. The van der Waals surface area contributed by atoms with Crippen LogP contribution < -0.4 is 14.8 Å². The van der Waals surface area contributed by atoms with Crippen LogP contribution in [0.15, 0.2) is 77.3 Å². The predicted octanol–water partition coefficient (Wildman–Crippen LogP) is 8.15. The molecule has 5 heteroatoms. The number of hydrogen-bond donors (Lipinski definition) is 1. The Morgan fingerprint density at radius 2 is 1.75 bits per heavy atom. The lowest BCUT2D eigenvalue weighted by Gasteiger charge is -2.17. The molecule has 0 radical (unpaired) electrons. The van der Waals surface area contributed by atoms with Crippen molar-refractivity contribution in [3.63, 3.8) is 0 Å². The van der Waals surface area contributed by atoms with Crippen LogP contribution in [0.4, 0.5) is 5.69 Å². The summed E-state index contributed by atoms with van der Waals surface area (Å²) in [7, 11) is 0. The van der Waals surface area contributed by atoms with Crippen LogP contribution in [0.2, 0.25) is 5.02 Å². The van der Waals surface area contributed by atoms with E-state index in [1.807, 2.05) is 44.2 Å². The van der Waals surface area contributed by atoms with Crippen molar-refractivity contribution in [2.45, 2.75) is 27.0 Å². The lowest BCUT2D eigenvalue weighted by molar-refractivity contribution is 0.268. The molecule has 0 aliphatic rings. The Morgan fingerprint density at radius 1 is 0.938 bits per heavy atom. The summed E-state index contributed by atoms with van der Waals surface area (Å²) in [4.78, 5) is 0. The number of benzene rings is 4. The molecule has 0 saturated carbocycles. The van der Waals surface area contributed by atoms with E-state index in [1.54, 1.807) is 0 Å². The molecule has 0 heterocycles. The van der Waals surface area contributed by atoms with Crippen LogP contribution in [-0.4, -0.2) is 6.61 Å². The highest BCUT2D eigenvalue weighted by molar-refractivity contribution is 9.10. The van der Waals surface area contributed by atoms with E-state index >= 15 is 0 Å². The number of halogens is 2. The minimum atomic E-state index is 0.458. The second kappa shape index (κ2) is 10.3. The first-order valence-electron chi connectivity index (χ1n) is 10.6. The second-order valence-electron chi connectivity index (χ2n) is 7.58. The molecule has 0 spiro atoms. The van der Waals surface area contributed by atoms with E-state index in [2.05, 4.69) is 63.7 Å². The summed E-state index contributed by atoms with van der Waals surface area (Å²) in [6, 6.07) is 24.7. The Kier molecular flexibility index (Phi) is 7.23. The molecule has 0 saturated heterocycles. The fourth-order valence-corrected chi connectivity index (χ4v) is 4.39. The average molecular weight is 511 g/mol. The highest BCUT2D eigenvalue weighted by atomic mass is 79.9. The SMILES string of the molecule is CCOc1cc(CNc2ccc(C)c(Cl)c2)cc(Br)c1OCc1cccc2ccccc12. The van der Waals surface area contributed by atoms with E-state index in [4.69, 9.17) is 21.1 Å². The number of anilines is 1. The summed E-state index contributed by atoms with van der Waals surface area (Å²) in [5.74, 6) is 1.43. The molecule has 32 heavy (non-hydrogen) atoms. The van der Waals surface area contributed by atoms with Gasteiger partial charge in [0.05, 0.1) is 11.1 Å². The Balaban J connectivity index is 1.53. The number of ether oxygens (including phenoxy) is 2. The van der Waals surface area contributed by atoms with Gasteiger partial charge in [-0.05, 0) is 81.5 Å². The summed E-state index contributed by atoms with van der Waals surface area (Å²) in [5.41, 5.74) is 4.26. The van der Waals surface area contributed by atoms with Crippen LogP contribution in [0, 0.1) is 6.92 Å². The van der Waals surface area contributed by atoms with E-state index < -0.39 is 0 Å². The van der Waals surface area contributed by atoms with Gasteiger partial charge in [-0.2, -0.15) is 0 Å². The highest BCUT2D eigenvalue weighted by Crippen LogP contribution is 2.38. The molecule has 0 unspecified atom stereocenters. The number of aryl methyl sites for hydroxylation is 1. The van der Waals surface area contributed by atoms with Gasteiger partial charge in [0.2, 0.25) is 0 Å². The topological polar surface area (TPSA) is 30.5 Å². The van der Waals surface area contributed by atoms with Gasteiger partial charge in [-0.3, -0.25) is 0 Å². The summed E-state index contributed by atoms with van der Waals surface area (Å²) in [6.45, 7) is 5.62. The van der Waals surface area contributed by atoms with E-state index in [9.17, 15) is 0 Å². The smallest absolute Gasteiger partial charge is 0.175 e. The first-order chi connectivity index (χ1) is 15.5. The second-order valence-corrected chi connectivity index (χ2v) is 8.84. The molecule has 3 nitrogen and oxygen atoms in total. The Hall–Kier alpha value is -2.69. The van der Waals surface area contributed by atoms with Gasteiger partial charge in [0.25, 0.3) is 0 Å². The molecule has 1 N–H and O–H groups in total. The molecular weight excluding hydrogens is 486 g/mol. The van der Waals surface area contributed by atoms with Crippen LogP contribution in [0.3, 0.4) is 0 Å². The normalized spacial score (nSPS) is 10.9. The molecule has 4 rings (SSSR count). The fourth-order valence-electron chi connectivity index (χ4n) is 3.60. The minimum Gasteiger partial charge on any atom is -0.490 e. The lowest BCUT2D eigenvalue weighted by atomic mass is 10.1. The van der Waals surface area contributed by atoms with Crippen molar-refractivity contribution >= 4 is 44.0 Å². The lowest BCUT2D eigenvalue weighted by Crippen LogP contribution is -2.04. The van der Waals surface area contributed by atoms with E-state index in [0.717, 1.165) is 37.6 Å². The molecule has 0 fully saturated rings. The van der Waals surface area contributed by atoms with E-state index in [-0.39, 0.29) is 0 Å². The van der Waals surface area contributed by atoms with Crippen molar-refractivity contribution in [2.75, 3.05) is 11.9 Å². The molecule has 0 bridgehead atoms. The summed E-state index contributed by atoms with van der Waals surface area (Å²) in [5, 5.41) is 6.57. The van der Waals surface area contributed by atoms with Gasteiger partial charge in [-0.1, -0.05) is 60.1 Å². The third-order valence-electron chi connectivity index (χ3n) is 5.29. The molecule has 164 valence electrons. The van der Waals surface area contributed by atoms with Gasteiger partial charge in [0.15, 0.2) is 11.5 Å². The Morgan fingerprint density at radius 3 is 2.56 bits per heavy atom. The largest absolute Gasteiger partial charge is 0.490 e. The highest BCUT2D eigenvalue weighted by Gasteiger charge is 2.13. The van der Waals surface area contributed by atoms with Crippen LogP contribution in [-0.2, 0) is 13.2 Å². The maximum absolute atomic E-state index is 6.25. The van der Waals surface area contributed by atoms with E-state index in [0.29, 0.717) is 25.5 Å². The first kappa shape index (κ1) is 22.5. The van der Waals surface area contributed by atoms with Crippen LogP contribution in [0.5, 0.6) is 11.5 Å². The first-order valence-corrected chi connectivity index (χ1v) is 11.8. The van der Waals surface area contributed by atoms with E-state index in [1.165, 1.54) is 10.8 Å². The van der Waals surface area contributed by atoms with Crippen LogP contribution in [0.1, 0.15) is 23.6 Å². The van der Waals surface area contributed by atoms with Crippen molar-refractivity contribution in [3.05, 3.63) is 99.0 Å². The van der Waals surface area contributed by atoms with Gasteiger partial charge in [-0.15, -0.1) is 0 Å². The fraction of sp³-hybridized carbons (Fsp3) is 0.185. The van der Waals surface area contributed by atoms with Gasteiger partial charge in [0, 0.05) is 17.3 Å². The monoisotopic (exact) mass is 509 g/mol. The molecule has 0 aromatic heterocycles. The number of nitrogens with one attached hydrogen (secondary N) is 1. The maximum Gasteiger partial charge on any atom is 0.175 e. The van der Waals surface area contributed by atoms with Crippen molar-refractivity contribution in [1.29, 1.82) is 0 Å². The molecule has 4 aromatic carbocycles. The minimum absolute atomic E-state index is 0.458. The third kappa shape index (κ3) is 5.20. The predicted molar refractivity (Wildman–Crippen MR) is 137 cm³/mol. The zero-order valence-corrected chi connectivity index (χ0v) is 20.5. The molecule has 0 aliphatic carbocycles. The third-order valence-corrected chi connectivity index (χ3v) is 6.29. The van der Waals surface area contributed by atoms with Crippen LogP contribution in [0.25, 0.3) is 10.8 Å². The van der Waals surface area contributed by atoms with Gasteiger partial charge >= 0.3 is 0 Å². The van der Waals surface area contributed by atoms with Crippen molar-refractivity contribution < 1.29 is 9.47 Å². The van der Waals surface area contributed by atoms with Gasteiger partial charge < -0.3 is 14.8 Å². The van der Waals surface area contributed by atoms with Crippen molar-refractivity contribution in [1.82, 2.24) is 0 Å². The van der Waals surface area contributed by atoms with Crippen molar-refractivity contribution in [2.24, 2.45) is 0 Å². The van der Waals surface area contributed by atoms with Gasteiger partial charge in [-0.25, -0.2) is 0 Å². The summed E-state index contributed by atoms with van der Waals surface area (Å²) < 4.78 is 13.0. The molecule has 0 aliphatic heterocycles. The average Bonchev–Trinajstić information content (AvgIpc) is 2.79. The maximum atomic E-state index is 6.25. The van der Waals surface area contributed by atoms with Crippen LogP contribution >= 0.6 is 27.5 Å². The van der Waals surface area contributed by atoms with Gasteiger partial charge in [0.1, 0.15) is 6.61 Å². The number of fused-ring (bicyclic) bond motifs is 1. The molecule has 0 atom stereocenters. The summed E-state index contributed by atoms with van der Waals surface area (Å²) >= 11 is 9.93. The number of hydrogen-bond acceptors (Lipinski definition) is 3. The summed E-state index contributed by atoms with van der Waals surface area (Å²) in [6.07, 6.45) is 0. The molecule has 4 aromatic rings. The standard InChI is InChI=1S/C27H25BrClNO2/c1-3-31-26-14-19(16-30-22-12-11-18(2)25(29)15-22)13-24(28)27(26)32-17-21-9-6-8-20-7-4-5-10-23(20)21/h4-15,30H,3,16-17H2,1-2H3.